The van der Waals surface area contributed by atoms with Crippen molar-refractivity contribution in [1.29, 1.82) is 0 Å². The van der Waals surface area contributed by atoms with E-state index in [4.69, 9.17) is 14.5 Å². The summed E-state index contributed by atoms with van der Waals surface area (Å²) >= 11 is 1.70. The van der Waals surface area contributed by atoms with Gasteiger partial charge in [-0.25, -0.2) is 4.99 Å². The molecule has 1 saturated heterocycles. The van der Waals surface area contributed by atoms with Crippen molar-refractivity contribution < 1.29 is 14.4 Å². The Morgan fingerprint density at radius 3 is 2.50 bits per heavy atom. The number of methoxy groups -OCH3 is 1. The van der Waals surface area contributed by atoms with E-state index < -0.39 is 0 Å². The maximum Gasteiger partial charge on any atom is 0.190 e. The number of aryl methyl sites for hydroxylation is 1. The zero-order valence-electron chi connectivity index (χ0n) is 17.8. The zero-order valence-corrected chi connectivity index (χ0v) is 18.6. The Morgan fingerprint density at radius 2 is 1.80 bits per heavy atom. The quantitative estimate of drug-likeness (QED) is 0.633. The molecule has 1 aliphatic rings. The maximum absolute atomic E-state index is 5.49. The lowest BCUT2D eigenvalue weighted by Crippen LogP contribution is -3.14. The first-order chi connectivity index (χ1) is 14.7. The maximum atomic E-state index is 5.49. The average Bonchev–Trinajstić information content (AvgIpc) is 3.18. The van der Waals surface area contributed by atoms with Gasteiger partial charge in [0.05, 0.1) is 38.2 Å². The number of aromatic nitrogens is 1. The molecule has 0 unspecified atom stereocenters. The summed E-state index contributed by atoms with van der Waals surface area (Å²) in [4.78, 5) is 7.64. The molecule has 0 amide bonds. The molecule has 1 N–H and O–H groups in total. The highest BCUT2D eigenvalue weighted by Crippen LogP contribution is 2.24. The zero-order chi connectivity index (χ0) is 20.8. The summed E-state index contributed by atoms with van der Waals surface area (Å²) in [7, 11) is 1.70. The average molecular weight is 425 g/mol. The van der Waals surface area contributed by atoms with Crippen LogP contribution < -0.4 is 14.4 Å². The van der Waals surface area contributed by atoms with Crippen LogP contribution in [0.1, 0.15) is 12.0 Å². The van der Waals surface area contributed by atoms with Crippen LogP contribution in [-0.4, -0.2) is 44.5 Å². The second kappa shape index (κ2) is 10.1. The Hall–Kier alpha value is -2.41. The number of benzene rings is 2. The first kappa shape index (κ1) is 20.8. The number of nitrogens with zero attached hydrogens (tertiary/aromatic N) is 2. The van der Waals surface area contributed by atoms with Crippen molar-refractivity contribution in [3.8, 4) is 17.0 Å². The van der Waals surface area contributed by atoms with Crippen molar-refractivity contribution in [2.45, 2.75) is 19.9 Å². The van der Waals surface area contributed by atoms with Crippen LogP contribution in [0, 0.1) is 6.92 Å². The van der Waals surface area contributed by atoms with Gasteiger partial charge in [0, 0.05) is 18.3 Å². The van der Waals surface area contributed by atoms with Crippen LogP contribution in [0.2, 0.25) is 0 Å². The van der Waals surface area contributed by atoms with Crippen molar-refractivity contribution in [2.24, 2.45) is 4.99 Å². The lowest BCUT2D eigenvalue weighted by molar-refractivity contribution is -0.908. The SMILES string of the molecule is COc1ccc(-c2csc(=Nc3ccc(C)cc3)n2CCC[NH+]2CCOCC2)cc1. The summed E-state index contributed by atoms with van der Waals surface area (Å²) in [5.41, 5.74) is 4.65. The Kier molecular flexibility index (Phi) is 7.00. The Bertz CT molecular complexity index is 1000. The van der Waals surface area contributed by atoms with Gasteiger partial charge in [0.2, 0.25) is 0 Å². The molecule has 1 aromatic heterocycles. The normalized spacial score (nSPS) is 15.5. The Labute approximate surface area is 182 Å². The predicted molar refractivity (Wildman–Crippen MR) is 122 cm³/mol. The van der Waals surface area contributed by atoms with Crippen LogP contribution in [0.15, 0.2) is 58.9 Å². The number of morpholine rings is 1. The Morgan fingerprint density at radius 1 is 1.07 bits per heavy atom. The minimum Gasteiger partial charge on any atom is -0.497 e. The summed E-state index contributed by atoms with van der Waals surface area (Å²) < 4.78 is 13.2. The molecule has 1 aliphatic heterocycles. The molecule has 2 aromatic carbocycles. The fraction of sp³-hybridized carbons (Fsp3) is 0.375. The first-order valence-corrected chi connectivity index (χ1v) is 11.5. The highest BCUT2D eigenvalue weighted by molar-refractivity contribution is 7.07. The second-order valence-corrected chi connectivity index (χ2v) is 8.53. The first-order valence-electron chi connectivity index (χ1n) is 10.6. The van der Waals surface area contributed by atoms with E-state index in [9.17, 15) is 0 Å². The molecular weight excluding hydrogens is 394 g/mol. The fourth-order valence-corrected chi connectivity index (χ4v) is 4.71. The third kappa shape index (κ3) is 5.19. The second-order valence-electron chi connectivity index (χ2n) is 7.70. The van der Waals surface area contributed by atoms with Gasteiger partial charge in [-0.3, -0.25) is 0 Å². The monoisotopic (exact) mass is 424 g/mol. The number of thiazole rings is 1. The third-order valence-corrected chi connectivity index (χ3v) is 6.42. The van der Waals surface area contributed by atoms with E-state index in [1.54, 1.807) is 23.3 Å². The van der Waals surface area contributed by atoms with Crippen LogP contribution >= 0.6 is 11.3 Å². The molecule has 0 spiro atoms. The van der Waals surface area contributed by atoms with Gasteiger partial charge in [-0.15, -0.1) is 11.3 Å². The van der Waals surface area contributed by atoms with Crippen molar-refractivity contribution in [1.82, 2.24) is 4.57 Å². The molecule has 0 radical (unpaired) electrons. The molecule has 6 heteroatoms. The molecule has 1 fully saturated rings. The standard InChI is InChI=1S/C24H29N3O2S/c1-19-4-8-21(9-5-19)25-24-27(13-3-12-26-14-16-29-17-15-26)23(18-30-24)20-6-10-22(28-2)11-7-20/h4-11,18H,3,12-17H2,1-2H3/p+1. The summed E-state index contributed by atoms with van der Waals surface area (Å²) in [5.74, 6) is 0.876. The predicted octanol–water partition coefficient (Wildman–Crippen LogP) is 3.07. The van der Waals surface area contributed by atoms with Crippen molar-refractivity contribution in [3.63, 3.8) is 0 Å². The number of hydrogen-bond donors (Lipinski definition) is 1. The van der Waals surface area contributed by atoms with Gasteiger partial charge < -0.3 is 18.9 Å². The third-order valence-electron chi connectivity index (χ3n) is 5.55. The number of ether oxygens (including phenoxy) is 2. The number of nitrogens with one attached hydrogen (secondary N) is 1. The number of quaternary nitrogens is 1. The molecule has 0 aliphatic carbocycles. The molecule has 0 saturated carbocycles. The van der Waals surface area contributed by atoms with E-state index in [1.807, 2.05) is 12.1 Å². The molecule has 30 heavy (non-hydrogen) atoms. The molecule has 0 atom stereocenters. The van der Waals surface area contributed by atoms with Gasteiger partial charge in [0.25, 0.3) is 0 Å². The molecular formula is C24H30N3O2S+. The van der Waals surface area contributed by atoms with E-state index >= 15 is 0 Å². The lowest BCUT2D eigenvalue weighted by Gasteiger charge is -2.23. The van der Waals surface area contributed by atoms with Crippen LogP contribution in [0.4, 0.5) is 5.69 Å². The molecule has 3 aromatic rings. The smallest absolute Gasteiger partial charge is 0.190 e. The van der Waals surface area contributed by atoms with Gasteiger partial charge in [-0.05, 0) is 48.9 Å². The van der Waals surface area contributed by atoms with E-state index in [1.165, 1.54) is 16.8 Å². The van der Waals surface area contributed by atoms with Crippen molar-refractivity contribution in [3.05, 3.63) is 64.3 Å². The van der Waals surface area contributed by atoms with Gasteiger partial charge in [0.15, 0.2) is 4.80 Å². The van der Waals surface area contributed by atoms with E-state index in [0.29, 0.717) is 0 Å². The number of rotatable bonds is 7. The van der Waals surface area contributed by atoms with E-state index in [0.717, 1.165) is 62.1 Å². The lowest BCUT2D eigenvalue weighted by atomic mass is 10.1. The summed E-state index contributed by atoms with van der Waals surface area (Å²) in [6, 6.07) is 16.7. The minimum absolute atomic E-state index is 0.876. The van der Waals surface area contributed by atoms with Gasteiger partial charge in [-0.1, -0.05) is 17.7 Å². The molecule has 5 nitrogen and oxygen atoms in total. The van der Waals surface area contributed by atoms with Crippen LogP contribution in [0.5, 0.6) is 5.75 Å². The topological polar surface area (TPSA) is 40.2 Å². The number of hydrogen-bond acceptors (Lipinski definition) is 4. The highest BCUT2D eigenvalue weighted by Gasteiger charge is 2.14. The highest BCUT2D eigenvalue weighted by atomic mass is 32.1. The molecule has 4 rings (SSSR count). The van der Waals surface area contributed by atoms with Crippen molar-refractivity contribution >= 4 is 17.0 Å². The largest absolute Gasteiger partial charge is 0.497 e. The molecule has 158 valence electrons. The Balaban J connectivity index is 1.61. The molecule has 2 heterocycles. The van der Waals surface area contributed by atoms with Gasteiger partial charge in [-0.2, -0.15) is 0 Å². The fourth-order valence-electron chi connectivity index (χ4n) is 3.75. The minimum atomic E-state index is 0.876. The van der Waals surface area contributed by atoms with Crippen molar-refractivity contribution in [2.75, 3.05) is 40.0 Å². The summed E-state index contributed by atoms with van der Waals surface area (Å²) in [6.07, 6.45) is 1.12. The van der Waals surface area contributed by atoms with Gasteiger partial charge in [0.1, 0.15) is 18.8 Å². The van der Waals surface area contributed by atoms with E-state index in [-0.39, 0.29) is 0 Å². The van der Waals surface area contributed by atoms with Gasteiger partial charge >= 0.3 is 0 Å². The molecule has 0 bridgehead atoms. The summed E-state index contributed by atoms with van der Waals surface area (Å²) in [6.45, 7) is 8.21. The van der Waals surface area contributed by atoms with Crippen LogP contribution in [0.25, 0.3) is 11.3 Å². The summed E-state index contributed by atoms with van der Waals surface area (Å²) in [5, 5.41) is 2.22. The van der Waals surface area contributed by atoms with E-state index in [2.05, 4.69) is 53.3 Å². The van der Waals surface area contributed by atoms with Crippen LogP contribution in [0.3, 0.4) is 0 Å². The van der Waals surface area contributed by atoms with Crippen LogP contribution in [-0.2, 0) is 11.3 Å².